The summed E-state index contributed by atoms with van der Waals surface area (Å²) in [6, 6.07) is 0.366. The Morgan fingerprint density at radius 3 is 2.77 bits per heavy atom. The van der Waals surface area contributed by atoms with Gasteiger partial charge in [-0.1, -0.05) is 0 Å². The number of fused-ring (bicyclic) bond motifs is 1. The van der Waals surface area contributed by atoms with Crippen LogP contribution in [0.4, 0.5) is 10.3 Å². The number of hydrogen-bond acceptors (Lipinski definition) is 5. The summed E-state index contributed by atoms with van der Waals surface area (Å²) < 4.78 is 18.6. The van der Waals surface area contributed by atoms with Gasteiger partial charge >= 0.3 is 0 Å². The van der Waals surface area contributed by atoms with Crippen LogP contribution in [-0.4, -0.2) is 48.2 Å². The first kappa shape index (κ1) is 13.9. The number of rotatable bonds is 3. The molecule has 4 rings (SSSR count). The van der Waals surface area contributed by atoms with Gasteiger partial charge in [-0.05, 0) is 18.8 Å². The summed E-state index contributed by atoms with van der Waals surface area (Å²) >= 11 is 0. The highest BCUT2D eigenvalue weighted by Gasteiger charge is 2.45. The fraction of sp³-hybridized carbons (Fsp3) is 0.667. The Morgan fingerprint density at radius 2 is 2.05 bits per heavy atom. The summed E-state index contributed by atoms with van der Waals surface area (Å²) in [5.41, 5.74) is 0. The maximum atomic E-state index is 12.9. The molecule has 6 nitrogen and oxygen atoms in total. The van der Waals surface area contributed by atoms with Crippen molar-refractivity contribution in [3.8, 4) is 0 Å². The molecule has 7 heteroatoms. The highest BCUT2D eigenvalue weighted by atomic mass is 19.1. The van der Waals surface area contributed by atoms with E-state index in [4.69, 9.17) is 4.74 Å². The summed E-state index contributed by atoms with van der Waals surface area (Å²) in [6.45, 7) is 2.62. The maximum absolute atomic E-state index is 12.9. The standard InChI is InChI=1S/C15H19FN4O2/c16-10-3-17-15(18-4-10)20-5-9-7-22-8-13(12(9)6-20)14(21)19-11-1-2-11/h3-4,9,11-13H,1-2,5-8H2,(H,19,21)/t9-,12-,13+/m0/s1. The number of nitrogens with one attached hydrogen (secondary N) is 1. The van der Waals surface area contributed by atoms with Crippen LogP contribution < -0.4 is 10.2 Å². The molecule has 0 radical (unpaired) electrons. The van der Waals surface area contributed by atoms with Crippen molar-refractivity contribution in [1.82, 2.24) is 15.3 Å². The first-order valence-electron chi connectivity index (χ1n) is 7.81. The molecule has 3 heterocycles. The highest BCUT2D eigenvalue weighted by molar-refractivity contribution is 5.80. The van der Waals surface area contributed by atoms with Gasteiger partial charge in [0.05, 0.1) is 31.5 Å². The molecule has 1 aromatic heterocycles. The Hall–Kier alpha value is -1.76. The van der Waals surface area contributed by atoms with E-state index in [0.717, 1.165) is 25.9 Å². The van der Waals surface area contributed by atoms with E-state index in [1.54, 1.807) is 0 Å². The average molecular weight is 306 g/mol. The highest BCUT2D eigenvalue weighted by Crippen LogP contribution is 2.36. The zero-order chi connectivity index (χ0) is 15.1. The summed E-state index contributed by atoms with van der Waals surface area (Å²) in [6.07, 6.45) is 4.53. The van der Waals surface area contributed by atoms with Gasteiger partial charge < -0.3 is 15.0 Å². The molecule has 1 aliphatic carbocycles. The second-order valence-corrected chi connectivity index (χ2v) is 6.46. The Bertz CT molecular complexity index is 563. The molecule has 2 saturated heterocycles. The molecule has 1 amide bonds. The third-order valence-electron chi connectivity index (χ3n) is 4.79. The van der Waals surface area contributed by atoms with Gasteiger partial charge in [0.1, 0.15) is 0 Å². The number of halogens is 1. The van der Waals surface area contributed by atoms with Crippen LogP contribution in [0.25, 0.3) is 0 Å². The van der Waals surface area contributed by atoms with Gasteiger partial charge in [-0.3, -0.25) is 4.79 Å². The Labute approximate surface area is 128 Å². The first-order valence-corrected chi connectivity index (χ1v) is 7.81. The molecule has 118 valence electrons. The second-order valence-electron chi connectivity index (χ2n) is 6.46. The molecule has 2 aliphatic heterocycles. The van der Waals surface area contributed by atoms with Crippen LogP contribution in [0.1, 0.15) is 12.8 Å². The number of carbonyl (C=O) groups excluding carboxylic acids is 1. The summed E-state index contributed by atoms with van der Waals surface area (Å²) in [7, 11) is 0. The van der Waals surface area contributed by atoms with Gasteiger partial charge in [0.2, 0.25) is 11.9 Å². The van der Waals surface area contributed by atoms with Gasteiger partial charge in [-0.15, -0.1) is 0 Å². The predicted octanol–water partition coefficient (Wildman–Crippen LogP) is 0.593. The van der Waals surface area contributed by atoms with E-state index in [-0.39, 0.29) is 17.7 Å². The van der Waals surface area contributed by atoms with Crippen LogP contribution in [0, 0.1) is 23.6 Å². The third-order valence-corrected chi connectivity index (χ3v) is 4.79. The normalized spacial score (nSPS) is 31.0. The summed E-state index contributed by atoms with van der Waals surface area (Å²) in [4.78, 5) is 22.5. The number of amides is 1. The molecule has 0 aromatic carbocycles. The molecule has 3 atom stereocenters. The SMILES string of the molecule is O=C(NC1CC1)[C@@H]1COC[C@@H]2CN(c3ncc(F)cn3)C[C@@H]21. The van der Waals surface area contributed by atoms with Crippen LogP contribution >= 0.6 is 0 Å². The lowest BCUT2D eigenvalue weighted by Gasteiger charge is -2.31. The number of anilines is 1. The molecule has 3 fully saturated rings. The number of aromatic nitrogens is 2. The number of nitrogens with zero attached hydrogens (tertiary/aromatic N) is 3. The van der Waals surface area contributed by atoms with Crippen molar-refractivity contribution < 1.29 is 13.9 Å². The minimum absolute atomic E-state index is 0.107. The van der Waals surface area contributed by atoms with E-state index in [9.17, 15) is 9.18 Å². The molecule has 0 unspecified atom stereocenters. The Morgan fingerprint density at radius 1 is 1.27 bits per heavy atom. The molecule has 1 aromatic rings. The largest absolute Gasteiger partial charge is 0.380 e. The molecule has 1 N–H and O–H groups in total. The fourth-order valence-electron chi connectivity index (χ4n) is 3.44. The van der Waals surface area contributed by atoms with Crippen LogP contribution in [0.15, 0.2) is 12.4 Å². The third kappa shape index (κ3) is 2.65. The summed E-state index contributed by atoms with van der Waals surface area (Å²) in [5.74, 6) is 0.643. The number of ether oxygens (including phenoxy) is 1. The number of hydrogen-bond donors (Lipinski definition) is 1. The number of carbonyl (C=O) groups is 1. The fourth-order valence-corrected chi connectivity index (χ4v) is 3.44. The molecule has 1 saturated carbocycles. The van der Waals surface area contributed by atoms with Gasteiger partial charge in [-0.25, -0.2) is 14.4 Å². The lowest BCUT2D eigenvalue weighted by atomic mass is 9.82. The molecule has 22 heavy (non-hydrogen) atoms. The van der Waals surface area contributed by atoms with Crippen LogP contribution in [0.5, 0.6) is 0 Å². The van der Waals surface area contributed by atoms with Gasteiger partial charge in [-0.2, -0.15) is 0 Å². The topological polar surface area (TPSA) is 67.3 Å². The lowest BCUT2D eigenvalue weighted by Crippen LogP contribution is -2.45. The van der Waals surface area contributed by atoms with Crippen molar-refractivity contribution in [3.63, 3.8) is 0 Å². The zero-order valence-corrected chi connectivity index (χ0v) is 12.2. The van der Waals surface area contributed by atoms with E-state index in [1.165, 1.54) is 12.4 Å². The molecule has 3 aliphatic rings. The molecular weight excluding hydrogens is 287 g/mol. The minimum Gasteiger partial charge on any atom is -0.380 e. The molecule has 0 spiro atoms. The minimum atomic E-state index is -0.439. The van der Waals surface area contributed by atoms with Gasteiger partial charge in [0, 0.05) is 25.0 Å². The van der Waals surface area contributed by atoms with Crippen LogP contribution in [-0.2, 0) is 9.53 Å². The van der Waals surface area contributed by atoms with Gasteiger partial charge in [0.15, 0.2) is 5.82 Å². The van der Waals surface area contributed by atoms with Gasteiger partial charge in [0.25, 0.3) is 0 Å². The van der Waals surface area contributed by atoms with E-state index < -0.39 is 5.82 Å². The quantitative estimate of drug-likeness (QED) is 0.885. The van der Waals surface area contributed by atoms with E-state index in [0.29, 0.717) is 31.1 Å². The van der Waals surface area contributed by atoms with Crippen molar-refractivity contribution in [2.24, 2.45) is 17.8 Å². The zero-order valence-electron chi connectivity index (χ0n) is 12.2. The molecular formula is C15H19FN4O2. The van der Waals surface area contributed by atoms with E-state index >= 15 is 0 Å². The van der Waals surface area contributed by atoms with Crippen LogP contribution in [0.3, 0.4) is 0 Å². The van der Waals surface area contributed by atoms with Crippen molar-refractivity contribution in [1.29, 1.82) is 0 Å². The smallest absolute Gasteiger partial charge is 0.226 e. The van der Waals surface area contributed by atoms with Crippen molar-refractivity contribution in [2.45, 2.75) is 18.9 Å². The van der Waals surface area contributed by atoms with E-state index in [2.05, 4.69) is 15.3 Å². The monoisotopic (exact) mass is 306 g/mol. The lowest BCUT2D eigenvalue weighted by molar-refractivity contribution is -0.133. The van der Waals surface area contributed by atoms with E-state index in [1.807, 2.05) is 4.90 Å². The first-order chi connectivity index (χ1) is 10.7. The van der Waals surface area contributed by atoms with Crippen molar-refractivity contribution in [3.05, 3.63) is 18.2 Å². The Balaban J connectivity index is 1.47. The van der Waals surface area contributed by atoms with Crippen molar-refractivity contribution >= 4 is 11.9 Å². The van der Waals surface area contributed by atoms with Crippen LogP contribution in [0.2, 0.25) is 0 Å². The average Bonchev–Trinajstić information content (AvgIpc) is 3.22. The molecule has 0 bridgehead atoms. The maximum Gasteiger partial charge on any atom is 0.226 e. The second kappa shape index (κ2) is 5.46. The summed E-state index contributed by atoms with van der Waals surface area (Å²) in [5, 5.41) is 3.08. The Kier molecular flexibility index (Phi) is 3.44. The predicted molar refractivity (Wildman–Crippen MR) is 76.7 cm³/mol. The van der Waals surface area contributed by atoms with Crippen molar-refractivity contribution in [2.75, 3.05) is 31.2 Å².